The molecular weight excluding hydrogens is 214 g/mol. The highest BCUT2D eigenvalue weighted by molar-refractivity contribution is 7.91. The molecule has 1 N–H and O–H groups in total. The van der Waals surface area contributed by atoms with Crippen molar-refractivity contribution in [1.29, 1.82) is 0 Å². The van der Waals surface area contributed by atoms with Crippen molar-refractivity contribution in [2.45, 2.75) is 44.4 Å². The van der Waals surface area contributed by atoms with E-state index in [2.05, 4.69) is 5.32 Å². The van der Waals surface area contributed by atoms with Gasteiger partial charge in [0.1, 0.15) is 0 Å². The second-order valence-corrected chi connectivity index (χ2v) is 6.88. The van der Waals surface area contributed by atoms with Crippen molar-refractivity contribution in [3.05, 3.63) is 0 Å². The summed E-state index contributed by atoms with van der Waals surface area (Å²) in [6.45, 7) is 2.25. The topological polar surface area (TPSA) is 55.4 Å². The van der Waals surface area contributed by atoms with Crippen LogP contribution >= 0.6 is 0 Å². The van der Waals surface area contributed by atoms with Crippen LogP contribution in [0.3, 0.4) is 0 Å². The van der Waals surface area contributed by atoms with Gasteiger partial charge in [-0.2, -0.15) is 0 Å². The van der Waals surface area contributed by atoms with E-state index in [1.165, 1.54) is 6.42 Å². The van der Waals surface area contributed by atoms with E-state index in [-0.39, 0.29) is 11.5 Å². The molecule has 88 valence electrons. The Bertz CT molecular complexity index is 315. The molecule has 0 aromatic carbocycles. The molecule has 0 spiro atoms. The van der Waals surface area contributed by atoms with E-state index in [1.54, 1.807) is 6.92 Å². The molecule has 0 aliphatic carbocycles. The molecule has 3 unspecified atom stereocenters. The second kappa shape index (κ2) is 4.39. The molecule has 4 nitrogen and oxygen atoms in total. The lowest BCUT2D eigenvalue weighted by Gasteiger charge is -2.19. The third kappa shape index (κ3) is 2.71. The predicted molar refractivity (Wildman–Crippen MR) is 58.6 cm³/mol. The summed E-state index contributed by atoms with van der Waals surface area (Å²) < 4.78 is 28.2. The van der Waals surface area contributed by atoms with Crippen LogP contribution in [-0.2, 0) is 14.6 Å². The summed E-state index contributed by atoms with van der Waals surface area (Å²) in [6, 6.07) is 0.385. The maximum absolute atomic E-state index is 11.3. The zero-order chi connectivity index (χ0) is 10.9. The van der Waals surface area contributed by atoms with E-state index in [4.69, 9.17) is 4.74 Å². The van der Waals surface area contributed by atoms with Gasteiger partial charge in [0.2, 0.25) is 0 Å². The lowest BCUT2D eigenvalue weighted by atomic mass is 9.96. The average molecular weight is 233 g/mol. The van der Waals surface area contributed by atoms with Crippen molar-refractivity contribution in [3.8, 4) is 0 Å². The number of sulfone groups is 1. The fourth-order valence-electron chi connectivity index (χ4n) is 2.40. The molecule has 0 saturated carbocycles. The minimum Gasteiger partial charge on any atom is -0.373 e. The van der Waals surface area contributed by atoms with Crippen molar-refractivity contribution in [2.75, 3.05) is 18.1 Å². The Hall–Kier alpha value is -0.130. The van der Waals surface area contributed by atoms with Crippen LogP contribution in [0.1, 0.15) is 26.2 Å². The molecule has 2 saturated heterocycles. The maximum atomic E-state index is 11.3. The SMILES string of the molecule is CCS(=O)(=O)CCNC1CC2CCC1O2. The van der Waals surface area contributed by atoms with Crippen molar-refractivity contribution >= 4 is 9.84 Å². The van der Waals surface area contributed by atoms with E-state index in [0.717, 1.165) is 12.8 Å². The van der Waals surface area contributed by atoms with Gasteiger partial charge in [0.25, 0.3) is 0 Å². The molecule has 2 heterocycles. The van der Waals surface area contributed by atoms with Crippen LogP contribution in [-0.4, -0.2) is 44.7 Å². The predicted octanol–water partition coefficient (Wildman–Crippen LogP) is 0.331. The highest BCUT2D eigenvalue weighted by atomic mass is 32.2. The summed E-state index contributed by atoms with van der Waals surface area (Å²) >= 11 is 0. The zero-order valence-corrected chi connectivity index (χ0v) is 9.92. The first-order valence-corrected chi connectivity index (χ1v) is 7.52. The lowest BCUT2D eigenvalue weighted by molar-refractivity contribution is 0.0977. The maximum Gasteiger partial charge on any atom is 0.151 e. The van der Waals surface area contributed by atoms with Gasteiger partial charge in [-0.1, -0.05) is 6.92 Å². The normalized spacial score (nSPS) is 34.9. The van der Waals surface area contributed by atoms with E-state index < -0.39 is 9.84 Å². The Morgan fingerprint density at radius 1 is 1.40 bits per heavy atom. The Labute approximate surface area is 91.3 Å². The summed E-state index contributed by atoms with van der Waals surface area (Å²) in [4.78, 5) is 0. The van der Waals surface area contributed by atoms with Crippen molar-refractivity contribution in [3.63, 3.8) is 0 Å². The fraction of sp³-hybridized carbons (Fsp3) is 1.00. The monoisotopic (exact) mass is 233 g/mol. The van der Waals surface area contributed by atoms with Crippen LogP contribution in [0.15, 0.2) is 0 Å². The van der Waals surface area contributed by atoms with Gasteiger partial charge < -0.3 is 10.1 Å². The van der Waals surface area contributed by atoms with Crippen molar-refractivity contribution in [1.82, 2.24) is 5.32 Å². The number of hydrogen-bond acceptors (Lipinski definition) is 4. The molecule has 2 aliphatic rings. The number of fused-ring (bicyclic) bond motifs is 2. The van der Waals surface area contributed by atoms with Crippen LogP contribution in [0, 0.1) is 0 Å². The molecule has 3 atom stereocenters. The molecule has 2 aliphatic heterocycles. The van der Waals surface area contributed by atoms with Crippen LogP contribution in [0.2, 0.25) is 0 Å². The molecule has 2 bridgehead atoms. The largest absolute Gasteiger partial charge is 0.373 e. The molecular formula is C10H19NO3S. The quantitative estimate of drug-likeness (QED) is 0.743. The Kier molecular flexibility index (Phi) is 3.33. The smallest absolute Gasteiger partial charge is 0.151 e. The minimum absolute atomic E-state index is 0.238. The van der Waals surface area contributed by atoms with Crippen LogP contribution in [0.25, 0.3) is 0 Å². The van der Waals surface area contributed by atoms with E-state index in [1.807, 2.05) is 0 Å². The van der Waals surface area contributed by atoms with Gasteiger partial charge in [-0.05, 0) is 19.3 Å². The standard InChI is InChI=1S/C10H19NO3S/c1-2-15(12,13)6-5-11-9-7-8-3-4-10(9)14-8/h8-11H,2-7H2,1H3. The van der Waals surface area contributed by atoms with Crippen LogP contribution in [0.5, 0.6) is 0 Å². The highest BCUT2D eigenvalue weighted by Gasteiger charge is 2.40. The summed E-state index contributed by atoms with van der Waals surface area (Å²) in [6.07, 6.45) is 4.12. The summed E-state index contributed by atoms with van der Waals surface area (Å²) in [7, 11) is -2.83. The Morgan fingerprint density at radius 2 is 2.20 bits per heavy atom. The minimum atomic E-state index is -2.83. The third-order valence-electron chi connectivity index (χ3n) is 3.37. The van der Waals surface area contributed by atoms with E-state index >= 15 is 0 Å². The Balaban J connectivity index is 1.71. The van der Waals surface area contributed by atoms with Gasteiger partial charge in [-0.25, -0.2) is 8.42 Å². The number of nitrogens with one attached hydrogen (secondary N) is 1. The van der Waals surface area contributed by atoms with Gasteiger partial charge in [0.15, 0.2) is 9.84 Å². The van der Waals surface area contributed by atoms with Crippen molar-refractivity contribution in [2.24, 2.45) is 0 Å². The van der Waals surface area contributed by atoms with Crippen LogP contribution in [0.4, 0.5) is 0 Å². The third-order valence-corrected chi connectivity index (χ3v) is 5.07. The molecule has 5 heteroatoms. The molecule has 0 aromatic heterocycles. The van der Waals surface area contributed by atoms with E-state index in [9.17, 15) is 8.42 Å². The number of hydrogen-bond donors (Lipinski definition) is 1. The Morgan fingerprint density at radius 3 is 2.73 bits per heavy atom. The summed E-state index contributed by atoms with van der Waals surface area (Å²) in [5.74, 6) is 0.485. The molecule has 0 amide bonds. The molecule has 2 rings (SSSR count). The number of ether oxygens (including phenoxy) is 1. The summed E-state index contributed by atoms with van der Waals surface area (Å²) in [5, 5.41) is 3.30. The molecule has 15 heavy (non-hydrogen) atoms. The van der Waals surface area contributed by atoms with Gasteiger partial charge >= 0.3 is 0 Å². The number of rotatable bonds is 5. The first-order valence-electron chi connectivity index (χ1n) is 5.70. The van der Waals surface area contributed by atoms with Gasteiger partial charge in [-0.3, -0.25) is 0 Å². The van der Waals surface area contributed by atoms with Crippen molar-refractivity contribution < 1.29 is 13.2 Å². The first-order chi connectivity index (χ1) is 7.11. The molecule has 0 radical (unpaired) electrons. The van der Waals surface area contributed by atoms with E-state index in [0.29, 0.717) is 24.8 Å². The van der Waals surface area contributed by atoms with Gasteiger partial charge in [0, 0.05) is 18.3 Å². The fourth-order valence-corrected chi connectivity index (χ4v) is 3.11. The van der Waals surface area contributed by atoms with Gasteiger partial charge in [-0.15, -0.1) is 0 Å². The second-order valence-electron chi connectivity index (χ2n) is 4.41. The summed E-state index contributed by atoms with van der Waals surface area (Å²) in [5.41, 5.74) is 0. The highest BCUT2D eigenvalue weighted by Crippen LogP contribution is 2.34. The van der Waals surface area contributed by atoms with Crippen LogP contribution < -0.4 is 5.32 Å². The average Bonchev–Trinajstić information content (AvgIpc) is 2.79. The lowest BCUT2D eigenvalue weighted by Crippen LogP contribution is -2.40. The molecule has 2 fully saturated rings. The molecule has 0 aromatic rings. The first kappa shape index (κ1) is 11.4. The zero-order valence-electron chi connectivity index (χ0n) is 9.11. The van der Waals surface area contributed by atoms with Gasteiger partial charge in [0.05, 0.1) is 18.0 Å².